The van der Waals surface area contributed by atoms with Gasteiger partial charge in [-0.1, -0.05) is 13.8 Å². The van der Waals surface area contributed by atoms with Crippen LogP contribution in [-0.4, -0.2) is 21.3 Å². The first-order valence-electron chi connectivity index (χ1n) is 4.28. The van der Waals surface area contributed by atoms with Crippen LogP contribution in [0.1, 0.15) is 36.7 Å². The maximum Gasteiger partial charge on any atom is 0.309 e. The van der Waals surface area contributed by atoms with Gasteiger partial charge in [0.05, 0.1) is 12.1 Å². The van der Waals surface area contributed by atoms with E-state index in [0.717, 1.165) is 11.3 Å². The Hall–Kier alpha value is -1.32. The number of carboxylic acids is 1. The fraction of sp³-hybridized carbons (Fsp3) is 0.556. The number of H-pyrrole nitrogens is 1. The van der Waals surface area contributed by atoms with Gasteiger partial charge in [-0.3, -0.25) is 9.89 Å². The van der Waals surface area contributed by atoms with Crippen LogP contribution >= 0.6 is 0 Å². The number of aromatic nitrogens is 2. The Morgan fingerprint density at radius 2 is 2.23 bits per heavy atom. The Morgan fingerprint density at radius 3 is 2.69 bits per heavy atom. The number of carboxylic acid groups (broad SMARTS) is 1. The molecule has 0 fully saturated rings. The highest BCUT2D eigenvalue weighted by atomic mass is 16.4. The number of rotatable bonds is 3. The Labute approximate surface area is 77.0 Å². The van der Waals surface area contributed by atoms with Crippen molar-refractivity contribution in [3.8, 4) is 0 Å². The summed E-state index contributed by atoms with van der Waals surface area (Å²) in [6, 6.07) is 0. The molecule has 0 saturated carbocycles. The van der Waals surface area contributed by atoms with Gasteiger partial charge in [-0.2, -0.15) is 5.10 Å². The Kier molecular flexibility index (Phi) is 2.70. The summed E-state index contributed by atoms with van der Waals surface area (Å²) >= 11 is 0. The Morgan fingerprint density at radius 1 is 1.62 bits per heavy atom. The highest BCUT2D eigenvalue weighted by Crippen LogP contribution is 2.21. The number of hydrogen-bond donors (Lipinski definition) is 2. The lowest BCUT2D eigenvalue weighted by atomic mass is 10.00. The van der Waals surface area contributed by atoms with Crippen LogP contribution < -0.4 is 0 Å². The molecule has 13 heavy (non-hydrogen) atoms. The van der Waals surface area contributed by atoms with E-state index in [4.69, 9.17) is 5.11 Å². The van der Waals surface area contributed by atoms with E-state index in [2.05, 4.69) is 10.2 Å². The Bertz CT molecular complexity index is 315. The number of hydrogen-bond acceptors (Lipinski definition) is 2. The number of nitrogens with zero attached hydrogens (tertiary/aromatic N) is 1. The number of nitrogens with one attached hydrogen (secondary N) is 1. The summed E-state index contributed by atoms with van der Waals surface area (Å²) in [5.74, 6) is -0.526. The normalized spacial score (nSPS) is 10.8. The van der Waals surface area contributed by atoms with E-state index in [-0.39, 0.29) is 6.42 Å². The van der Waals surface area contributed by atoms with E-state index in [1.165, 1.54) is 0 Å². The minimum absolute atomic E-state index is 0.00213. The van der Waals surface area contributed by atoms with Gasteiger partial charge in [0.15, 0.2) is 0 Å². The summed E-state index contributed by atoms with van der Waals surface area (Å²) in [4.78, 5) is 10.5. The van der Waals surface area contributed by atoms with Gasteiger partial charge in [0.2, 0.25) is 0 Å². The molecule has 4 heteroatoms. The molecule has 1 heterocycles. The SMILES string of the molecule is Cc1[nH]nc(CC(=O)O)c1C(C)C. The molecule has 0 atom stereocenters. The molecular weight excluding hydrogens is 168 g/mol. The van der Waals surface area contributed by atoms with Crippen LogP contribution in [-0.2, 0) is 11.2 Å². The lowest BCUT2D eigenvalue weighted by molar-refractivity contribution is -0.136. The molecule has 0 unspecified atom stereocenters. The summed E-state index contributed by atoms with van der Waals surface area (Å²) in [5.41, 5.74) is 2.65. The van der Waals surface area contributed by atoms with Gasteiger partial charge >= 0.3 is 5.97 Å². The van der Waals surface area contributed by atoms with Gasteiger partial charge in [0.1, 0.15) is 0 Å². The first-order valence-corrected chi connectivity index (χ1v) is 4.28. The van der Waals surface area contributed by atoms with Gasteiger partial charge in [-0.05, 0) is 18.4 Å². The molecular formula is C9H14N2O2. The zero-order valence-electron chi connectivity index (χ0n) is 8.09. The fourth-order valence-electron chi connectivity index (χ4n) is 1.53. The van der Waals surface area contributed by atoms with Gasteiger partial charge < -0.3 is 5.11 Å². The summed E-state index contributed by atoms with van der Waals surface area (Å²) in [6.07, 6.45) is -0.00213. The minimum Gasteiger partial charge on any atom is -0.481 e. The Balaban J connectivity index is 3.00. The lowest BCUT2D eigenvalue weighted by Crippen LogP contribution is -2.04. The van der Waals surface area contributed by atoms with Crippen molar-refractivity contribution in [1.82, 2.24) is 10.2 Å². The average Bonchev–Trinajstić information content (AvgIpc) is 2.30. The van der Waals surface area contributed by atoms with E-state index < -0.39 is 5.97 Å². The van der Waals surface area contributed by atoms with Crippen molar-refractivity contribution in [2.24, 2.45) is 0 Å². The van der Waals surface area contributed by atoms with Crippen LogP contribution in [0.2, 0.25) is 0 Å². The van der Waals surface area contributed by atoms with E-state index in [1.54, 1.807) is 0 Å². The van der Waals surface area contributed by atoms with Crippen LogP contribution in [0.5, 0.6) is 0 Å². The van der Waals surface area contributed by atoms with Crippen LogP contribution in [0.4, 0.5) is 0 Å². The predicted molar refractivity (Wildman–Crippen MR) is 48.8 cm³/mol. The first kappa shape index (κ1) is 9.77. The number of aromatic amines is 1. The number of carbonyl (C=O) groups is 1. The summed E-state index contributed by atoms with van der Waals surface area (Å²) in [5, 5.41) is 15.4. The van der Waals surface area contributed by atoms with E-state index in [1.807, 2.05) is 20.8 Å². The molecule has 0 aliphatic carbocycles. The zero-order chi connectivity index (χ0) is 10.0. The maximum atomic E-state index is 10.5. The lowest BCUT2D eigenvalue weighted by Gasteiger charge is -2.04. The van der Waals surface area contributed by atoms with E-state index >= 15 is 0 Å². The fourth-order valence-corrected chi connectivity index (χ4v) is 1.53. The molecule has 72 valence electrons. The van der Waals surface area contributed by atoms with Crippen molar-refractivity contribution in [3.05, 3.63) is 17.0 Å². The van der Waals surface area contributed by atoms with Gasteiger partial charge in [0, 0.05) is 5.69 Å². The predicted octanol–water partition coefficient (Wildman–Crippen LogP) is 1.47. The molecule has 2 N–H and O–H groups in total. The second kappa shape index (κ2) is 3.60. The summed E-state index contributed by atoms with van der Waals surface area (Å²) in [6.45, 7) is 5.97. The number of aryl methyl sites for hydroxylation is 1. The molecule has 0 aromatic carbocycles. The molecule has 1 aromatic rings. The van der Waals surface area contributed by atoms with Gasteiger partial charge in [-0.25, -0.2) is 0 Å². The topological polar surface area (TPSA) is 66.0 Å². The van der Waals surface area contributed by atoms with Crippen molar-refractivity contribution < 1.29 is 9.90 Å². The molecule has 0 aliphatic rings. The summed E-state index contributed by atoms with van der Waals surface area (Å²) in [7, 11) is 0. The molecule has 1 rings (SSSR count). The second-order valence-electron chi connectivity index (χ2n) is 3.43. The van der Waals surface area contributed by atoms with Crippen LogP contribution in [0, 0.1) is 6.92 Å². The molecule has 0 spiro atoms. The second-order valence-corrected chi connectivity index (χ2v) is 3.43. The molecule has 0 aliphatic heterocycles. The third kappa shape index (κ3) is 2.08. The summed E-state index contributed by atoms with van der Waals surface area (Å²) < 4.78 is 0. The van der Waals surface area contributed by atoms with Gasteiger partial charge in [0.25, 0.3) is 0 Å². The third-order valence-electron chi connectivity index (χ3n) is 1.97. The van der Waals surface area contributed by atoms with Crippen LogP contribution in [0.25, 0.3) is 0 Å². The van der Waals surface area contributed by atoms with Crippen molar-refractivity contribution >= 4 is 5.97 Å². The first-order chi connectivity index (χ1) is 6.02. The van der Waals surface area contributed by atoms with Crippen LogP contribution in [0.3, 0.4) is 0 Å². The van der Waals surface area contributed by atoms with Crippen molar-refractivity contribution in [3.63, 3.8) is 0 Å². The molecule has 0 saturated heterocycles. The molecule has 0 radical (unpaired) electrons. The maximum absolute atomic E-state index is 10.5. The standard InChI is InChI=1S/C9H14N2O2/c1-5(2)9-6(3)10-11-7(9)4-8(12)13/h5H,4H2,1-3H3,(H,10,11)(H,12,13). The van der Waals surface area contributed by atoms with Crippen molar-refractivity contribution in [2.75, 3.05) is 0 Å². The highest BCUT2D eigenvalue weighted by molar-refractivity contribution is 5.70. The largest absolute Gasteiger partial charge is 0.481 e. The van der Waals surface area contributed by atoms with Crippen molar-refractivity contribution in [2.45, 2.75) is 33.1 Å². The quantitative estimate of drug-likeness (QED) is 0.743. The molecule has 0 bridgehead atoms. The third-order valence-corrected chi connectivity index (χ3v) is 1.97. The molecule has 4 nitrogen and oxygen atoms in total. The number of aliphatic carboxylic acids is 1. The average molecular weight is 182 g/mol. The minimum atomic E-state index is -0.839. The molecule has 1 aromatic heterocycles. The van der Waals surface area contributed by atoms with E-state index in [0.29, 0.717) is 11.6 Å². The highest BCUT2D eigenvalue weighted by Gasteiger charge is 2.15. The van der Waals surface area contributed by atoms with Crippen molar-refractivity contribution in [1.29, 1.82) is 0 Å². The van der Waals surface area contributed by atoms with Crippen LogP contribution in [0.15, 0.2) is 0 Å². The zero-order valence-corrected chi connectivity index (χ0v) is 8.09. The molecule has 0 amide bonds. The van der Waals surface area contributed by atoms with E-state index in [9.17, 15) is 4.79 Å². The smallest absolute Gasteiger partial charge is 0.309 e. The monoisotopic (exact) mass is 182 g/mol. The van der Waals surface area contributed by atoms with Gasteiger partial charge in [-0.15, -0.1) is 0 Å².